The summed E-state index contributed by atoms with van der Waals surface area (Å²) in [4.78, 5) is 15.6. The molecule has 2 N–H and O–H groups in total. The Labute approximate surface area is 119 Å². The van der Waals surface area contributed by atoms with Gasteiger partial charge in [0.1, 0.15) is 0 Å². The average Bonchev–Trinajstić information content (AvgIpc) is 3.00. The third-order valence-corrected chi connectivity index (χ3v) is 3.83. The van der Waals surface area contributed by atoms with Crippen LogP contribution in [-0.4, -0.2) is 54.3 Å². The lowest BCUT2D eigenvalue weighted by Crippen LogP contribution is -2.37. The number of aromatic nitrogens is 3. The minimum absolute atomic E-state index is 0.500. The first kappa shape index (κ1) is 13.4. The molecule has 1 aliphatic heterocycles. The number of rotatable bonds is 4. The summed E-state index contributed by atoms with van der Waals surface area (Å²) >= 11 is 0. The summed E-state index contributed by atoms with van der Waals surface area (Å²) in [6.07, 6.45) is 4.98. The predicted octanol–water partition coefficient (Wildman–Crippen LogP) is 1.10. The molecule has 1 aromatic rings. The monoisotopic (exact) mass is 278 g/mol. The Morgan fingerprint density at radius 1 is 1.05 bits per heavy atom. The molecule has 7 nitrogen and oxygen atoms in total. The van der Waals surface area contributed by atoms with E-state index in [1.807, 2.05) is 7.05 Å². The number of anilines is 3. The molecule has 0 amide bonds. The van der Waals surface area contributed by atoms with Crippen LogP contribution in [0.3, 0.4) is 0 Å². The lowest BCUT2D eigenvalue weighted by atomic mass is 10.3. The first-order valence-electron chi connectivity index (χ1n) is 7.38. The molecule has 0 atom stereocenters. The third-order valence-electron chi connectivity index (χ3n) is 3.83. The van der Waals surface area contributed by atoms with Gasteiger partial charge in [0.15, 0.2) is 0 Å². The molecule has 1 saturated heterocycles. The molecule has 2 heterocycles. The van der Waals surface area contributed by atoms with Crippen LogP contribution in [0.4, 0.5) is 17.8 Å². The zero-order chi connectivity index (χ0) is 13.8. The van der Waals surface area contributed by atoms with E-state index in [4.69, 9.17) is 4.74 Å². The quantitative estimate of drug-likeness (QED) is 0.854. The third kappa shape index (κ3) is 3.09. The van der Waals surface area contributed by atoms with Gasteiger partial charge in [-0.25, -0.2) is 0 Å². The van der Waals surface area contributed by atoms with Crippen molar-refractivity contribution < 1.29 is 4.74 Å². The van der Waals surface area contributed by atoms with E-state index in [0.29, 0.717) is 17.9 Å². The van der Waals surface area contributed by atoms with Crippen LogP contribution >= 0.6 is 0 Å². The number of ether oxygens (including phenoxy) is 1. The molecule has 20 heavy (non-hydrogen) atoms. The summed E-state index contributed by atoms with van der Waals surface area (Å²) in [5, 5.41) is 6.45. The Morgan fingerprint density at radius 2 is 1.75 bits per heavy atom. The van der Waals surface area contributed by atoms with Gasteiger partial charge in [-0.3, -0.25) is 0 Å². The van der Waals surface area contributed by atoms with Crippen molar-refractivity contribution >= 4 is 17.8 Å². The first-order valence-corrected chi connectivity index (χ1v) is 7.38. The molecule has 2 aliphatic rings. The van der Waals surface area contributed by atoms with Crippen molar-refractivity contribution in [2.75, 3.05) is 48.9 Å². The zero-order valence-corrected chi connectivity index (χ0v) is 11.9. The van der Waals surface area contributed by atoms with Crippen molar-refractivity contribution in [1.29, 1.82) is 0 Å². The molecule has 110 valence electrons. The molecule has 0 aromatic carbocycles. The molecule has 0 unspecified atom stereocenters. The van der Waals surface area contributed by atoms with Crippen LogP contribution in [0.5, 0.6) is 0 Å². The summed E-state index contributed by atoms with van der Waals surface area (Å²) in [6.45, 7) is 3.12. The van der Waals surface area contributed by atoms with E-state index >= 15 is 0 Å². The fourth-order valence-corrected chi connectivity index (χ4v) is 2.70. The molecular formula is C13H22N6O. The second kappa shape index (κ2) is 6.21. The van der Waals surface area contributed by atoms with E-state index < -0.39 is 0 Å². The van der Waals surface area contributed by atoms with Crippen molar-refractivity contribution in [2.24, 2.45) is 0 Å². The molecular weight excluding hydrogens is 256 g/mol. The highest BCUT2D eigenvalue weighted by Gasteiger charge is 2.19. The second-order valence-corrected chi connectivity index (χ2v) is 5.26. The SMILES string of the molecule is CNc1nc(NC2CCCC2)nc(N2CCOCC2)n1. The van der Waals surface area contributed by atoms with Gasteiger partial charge in [-0.15, -0.1) is 0 Å². The maximum Gasteiger partial charge on any atom is 0.232 e. The fourth-order valence-electron chi connectivity index (χ4n) is 2.70. The van der Waals surface area contributed by atoms with Crippen LogP contribution in [0, 0.1) is 0 Å². The van der Waals surface area contributed by atoms with Gasteiger partial charge in [-0.05, 0) is 12.8 Å². The number of nitrogens with zero attached hydrogens (tertiary/aromatic N) is 4. The van der Waals surface area contributed by atoms with Crippen molar-refractivity contribution in [3.8, 4) is 0 Å². The molecule has 0 radical (unpaired) electrons. The number of morpholine rings is 1. The Hall–Kier alpha value is -1.63. The minimum Gasteiger partial charge on any atom is -0.378 e. The first-order chi connectivity index (χ1) is 9.85. The van der Waals surface area contributed by atoms with Gasteiger partial charge >= 0.3 is 0 Å². The van der Waals surface area contributed by atoms with Crippen LogP contribution in [-0.2, 0) is 4.74 Å². The van der Waals surface area contributed by atoms with Gasteiger partial charge in [0.25, 0.3) is 0 Å². The number of nitrogens with one attached hydrogen (secondary N) is 2. The van der Waals surface area contributed by atoms with Crippen molar-refractivity contribution in [3.63, 3.8) is 0 Å². The molecule has 1 aromatic heterocycles. The maximum atomic E-state index is 5.37. The standard InChI is InChI=1S/C13H22N6O/c1-14-11-16-12(15-10-4-2-3-5-10)18-13(17-11)19-6-8-20-9-7-19/h10H,2-9H2,1H3,(H2,14,15,16,17,18). The summed E-state index contributed by atoms with van der Waals surface area (Å²) in [5.41, 5.74) is 0. The Morgan fingerprint density at radius 3 is 2.45 bits per heavy atom. The van der Waals surface area contributed by atoms with E-state index in [-0.39, 0.29) is 0 Å². The molecule has 1 aliphatic carbocycles. The number of hydrogen-bond donors (Lipinski definition) is 2. The summed E-state index contributed by atoms with van der Waals surface area (Å²) in [7, 11) is 1.83. The van der Waals surface area contributed by atoms with Crippen molar-refractivity contribution in [1.82, 2.24) is 15.0 Å². The van der Waals surface area contributed by atoms with Gasteiger partial charge in [0, 0.05) is 26.2 Å². The van der Waals surface area contributed by atoms with Gasteiger partial charge < -0.3 is 20.3 Å². The van der Waals surface area contributed by atoms with E-state index in [9.17, 15) is 0 Å². The molecule has 2 fully saturated rings. The van der Waals surface area contributed by atoms with Gasteiger partial charge in [-0.1, -0.05) is 12.8 Å². The van der Waals surface area contributed by atoms with E-state index in [1.54, 1.807) is 0 Å². The van der Waals surface area contributed by atoms with E-state index in [2.05, 4.69) is 30.5 Å². The molecule has 3 rings (SSSR count). The minimum atomic E-state index is 0.500. The molecule has 0 spiro atoms. The summed E-state index contributed by atoms with van der Waals surface area (Å²) < 4.78 is 5.37. The topological polar surface area (TPSA) is 75.2 Å². The summed E-state index contributed by atoms with van der Waals surface area (Å²) in [5.74, 6) is 2.02. The van der Waals surface area contributed by atoms with Crippen LogP contribution in [0.25, 0.3) is 0 Å². The molecule has 7 heteroatoms. The van der Waals surface area contributed by atoms with Gasteiger partial charge in [0.2, 0.25) is 17.8 Å². The highest BCUT2D eigenvalue weighted by atomic mass is 16.5. The van der Waals surface area contributed by atoms with Crippen molar-refractivity contribution in [3.05, 3.63) is 0 Å². The van der Waals surface area contributed by atoms with E-state index in [1.165, 1.54) is 25.7 Å². The van der Waals surface area contributed by atoms with Crippen LogP contribution < -0.4 is 15.5 Å². The second-order valence-electron chi connectivity index (χ2n) is 5.26. The van der Waals surface area contributed by atoms with E-state index in [0.717, 1.165) is 32.3 Å². The lowest BCUT2D eigenvalue weighted by molar-refractivity contribution is 0.122. The van der Waals surface area contributed by atoms with Crippen LogP contribution in [0.1, 0.15) is 25.7 Å². The highest BCUT2D eigenvalue weighted by molar-refractivity contribution is 5.44. The normalized spacial score (nSPS) is 20.1. The average molecular weight is 278 g/mol. The molecule has 0 bridgehead atoms. The van der Waals surface area contributed by atoms with Crippen molar-refractivity contribution in [2.45, 2.75) is 31.7 Å². The predicted molar refractivity (Wildman–Crippen MR) is 78.3 cm³/mol. The van der Waals surface area contributed by atoms with Gasteiger partial charge in [0.05, 0.1) is 13.2 Å². The lowest BCUT2D eigenvalue weighted by Gasteiger charge is -2.27. The van der Waals surface area contributed by atoms with Gasteiger partial charge in [-0.2, -0.15) is 15.0 Å². The highest BCUT2D eigenvalue weighted by Crippen LogP contribution is 2.22. The van der Waals surface area contributed by atoms with Crippen LogP contribution in [0.2, 0.25) is 0 Å². The Kier molecular flexibility index (Phi) is 4.15. The smallest absolute Gasteiger partial charge is 0.232 e. The Bertz CT molecular complexity index is 442. The number of hydrogen-bond acceptors (Lipinski definition) is 7. The largest absolute Gasteiger partial charge is 0.378 e. The Balaban J connectivity index is 1.77. The fraction of sp³-hybridized carbons (Fsp3) is 0.769. The molecule has 1 saturated carbocycles. The summed E-state index contributed by atoms with van der Waals surface area (Å²) in [6, 6.07) is 0.500. The maximum absolute atomic E-state index is 5.37. The zero-order valence-electron chi connectivity index (χ0n) is 11.9. The van der Waals surface area contributed by atoms with Crippen LogP contribution in [0.15, 0.2) is 0 Å².